The molecule has 0 bridgehead atoms. The number of amides is 3. The number of carbonyl (C=O) groups is 3. The first-order valence-electron chi connectivity index (χ1n) is 14.5. The normalized spacial score (nSPS) is 11.5. The van der Waals surface area contributed by atoms with Crippen molar-refractivity contribution >= 4 is 61.4 Å². The van der Waals surface area contributed by atoms with E-state index in [1.807, 2.05) is 34.9 Å². The molecule has 5 rings (SSSR count). The van der Waals surface area contributed by atoms with Crippen LogP contribution in [0.25, 0.3) is 10.8 Å². The predicted molar refractivity (Wildman–Crippen MR) is 173 cm³/mol. The van der Waals surface area contributed by atoms with Crippen LogP contribution in [0.1, 0.15) is 23.2 Å². The summed E-state index contributed by atoms with van der Waals surface area (Å²) in [7, 11) is -2.98. The number of anilines is 2. The van der Waals surface area contributed by atoms with Crippen molar-refractivity contribution in [3.8, 4) is 5.75 Å². The molecule has 5 aromatic rings. The van der Waals surface area contributed by atoms with Gasteiger partial charge in [0, 0.05) is 22.8 Å². The molecule has 0 unspecified atom stereocenters. The number of aromatic nitrogens is 3. The summed E-state index contributed by atoms with van der Waals surface area (Å²) in [6, 6.07) is 15.0. The number of aromatic hydroxyl groups is 1. The van der Waals surface area contributed by atoms with Crippen LogP contribution in [0, 0.1) is 0 Å². The molecule has 2 heterocycles. The van der Waals surface area contributed by atoms with E-state index in [1.54, 1.807) is 35.0 Å². The molecule has 0 saturated heterocycles. The number of rotatable bonds is 12. The fourth-order valence-electron chi connectivity index (χ4n) is 4.79. The minimum Gasteiger partial charge on any atom is -0.505 e. The third kappa shape index (κ3) is 8.42. The number of primary amides is 1. The summed E-state index contributed by atoms with van der Waals surface area (Å²) in [4.78, 5) is 35.7. The van der Waals surface area contributed by atoms with Crippen LogP contribution in [0.4, 0.5) is 22.7 Å². The molecule has 0 aliphatic carbocycles. The minimum absolute atomic E-state index is 0.0481. The molecule has 246 valence electrons. The number of azo groups is 1. The Morgan fingerprint density at radius 3 is 2.33 bits per heavy atom. The summed E-state index contributed by atoms with van der Waals surface area (Å²) in [6.07, 6.45) is 9.13. The highest BCUT2D eigenvalue weighted by Crippen LogP contribution is 2.42. The Kier molecular flexibility index (Phi) is 9.86. The van der Waals surface area contributed by atoms with Crippen LogP contribution < -0.4 is 25.5 Å². The van der Waals surface area contributed by atoms with Crippen molar-refractivity contribution in [3.05, 3.63) is 97.3 Å². The number of phenolic OH excluding ortho intramolecular Hbond substituents is 1. The Hall–Kier alpha value is -6.00. The van der Waals surface area contributed by atoms with Crippen LogP contribution in [0.3, 0.4) is 0 Å². The Morgan fingerprint density at radius 1 is 0.938 bits per heavy atom. The first-order valence-corrected chi connectivity index (χ1v) is 16.0. The van der Waals surface area contributed by atoms with Crippen molar-refractivity contribution < 1.29 is 41.6 Å². The zero-order valence-electron chi connectivity index (χ0n) is 25.6. The molecule has 3 amide bonds. The molecule has 0 spiro atoms. The highest BCUT2D eigenvalue weighted by Gasteiger charge is 2.22. The number of imidazole rings is 1. The fraction of sp³-hybridized carbons (Fsp3) is 0.156. The number of hydrogen-bond donors (Lipinski definition) is 5. The number of fused-ring (bicyclic) bond motifs is 1. The third-order valence-corrected chi connectivity index (χ3v) is 8.06. The first kappa shape index (κ1) is 33.4. The molecule has 3 aromatic carbocycles. The molecular formula is C32H32N8O7S+2. The zero-order chi connectivity index (χ0) is 34.4. The van der Waals surface area contributed by atoms with Crippen molar-refractivity contribution in [3.63, 3.8) is 0 Å². The molecule has 48 heavy (non-hydrogen) atoms. The van der Waals surface area contributed by atoms with Crippen molar-refractivity contribution in [2.75, 3.05) is 10.6 Å². The van der Waals surface area contributed by atoms with Gasteiger partial charge in [-0.05, 0) is 60.0 Å². The van der Waals surface area contributed by atoms with Crippen molar-refractivity contribution in [2.45, 2.75) is 30.8 Å². The quantitative estimate of drug-likeness (QED) is 0.0757. The van der Waals surface area contributed by atoms with Gasteiger partial charge in [0.25, 0.3) is 16.0 Å². The van der Waals surface area contributed by atoms with E-state index in [1.165, 1.54) is 36.5 Å². The van der Waals surface area contributed by atoms with Gasteiger partial charge in [-0.3, -0.25) is 18.9 Å². The molecule has 0 aliphatic rings. The Labute approximate surface area is 274 Å². The van der Waals surface area contributed by atoms with Gasteiger partial charge in [-0.1, -0.05) is 0 Å². The van der Waals surface area contributed by atoms with E-state index in [0.717, 1.165) is 6.07 Å². The van der Waals surface area contributed by atoms with Crippen LogP contribution in [0.5, 0.6) is 5.75 Å². The van der Waals surface area contributed by atoms with Gasteiger partial charge in [0.05, 0.1) is 32.1 Å². The second-order valence-electron chi connectivity index (χ2n) is 10.8. The number of nitrogens with zero attached hydrogens (tertiary/aromatic N) is 5. The smallest absolute Gasteiger partial charge is 0.296 e. The van der Waals surface area contributed by atoms with E-state index in [-0.39, 0.29) is 47.7 Å². The van der Waals surface area contributed by atoms with Gasteiger partial charge in [-0.25, -0.2) is 13.7 Å². The lowest BCUT2D eigenvalue weighted by molar-refractivity contribution is -0.695. The lowest BCUT2D eigenvalue weighted by Gasteiger charge is -2.11. The van der Waals surface area contributed by atoms with E-state index in [9.17, 15) is 32.5 Å². The van der Waals surface area contributed by atoms with E-state index in [4.69, 9.17) is 5.73 Å². The highest BCUT2D eigenvalue weighted by molar-refractivity contribution is 7.86. The lowest BCUT2D eigenvalue weighted by Crippen LogP contribution is -2.36. The maximum atomic E-state index is 12.6. The average molecular weight is 673 g/mol. The molecule has 6 N–H and O–H groups in total. The molecular weight excluding hydrogens is 640 g/mol. The van der Waals surface area contributed by atoms with Crippen LogP contribution >= 0.6 is 0 Å². The van der Waals surface area contributed by atoms with E-state index in [2.05, 4.69) is 20.9 Å². The van der Waals surface area contributed by atoms with Crippen molar-refractivity contribution in [2.24, 2.45) is 23.0 Å². The largest absolute Gasteiger partial charge is 0.505 e. The van der Waals surface area contributed by atoms with Crippen LogP contribution in [0.2, 0.25) is 0 Å². The van der Waals surface area contributed by atoms with Gasteiger partial charge in [0.15, 0.2) is 24.7 Å². The summed E-state index contributed by atoms with van der Waals surface area (Å²) in [5.74, 6) is -1.69. The Morgan fingerprint density at radius 2 is 1.65 bits per heavy atom. The topological polar surface area (TPSA) is 213 Å². The average Bonchev–Trinajstić information content (AvgIpc) is 3.47. The Bertz CT molecular complexity index is 2160. The van der Waals surface area contributed by atoms with Gasteiger partial charge in [0.2, 0.25) is 18.1 Å². The highest BCUT2D eigenvalue weighted by atomic mass is 32.2. The molecule has 2 aromatic heterocycles. The summed E-state index contributed by atoms with van der Waals surface area (Å²) in [5.41, 5.74) is 6.23. The molecule has 0 fully saturated rings. The summed E-state index contributed by atoms with van der Waals surface area (Å²) in [6.45, 7) is 0.768. The molecule has 0 atom stereocenters. The second kappa shape index (κ2) is 14.2. The van der Waals surface area contributed by atoms with Gasteiger partial charge >= 0.3 is 0 Å². The number of pyridine rings is 1. The number of hydrogen-bond acceptors (Lipinski definition) is 8. The minimum atomic E-state index is -4.87. The van der Waals surface area contributed by atoms with E-state index < -0.39 is 32.4 Å². The number of phenols is 1. The molecule has 0 aliphatic heterocycles. The summed E-state index contributed by atoms with van der Waals surface area (Å²) >= 11 is 0. The standard InChI is InChI=1S/C32H30N8O7S/c1-38-15-16-40(20-38)14-11-28(41)34-23-4-6-24(7-5-23)36-37-30-27(48(45,46)47)18-22-17-25(8-9-26(22)31(30)43)35-29(42)10-13-39-12-2-3-21(19-39)32(33)44/h2-9,12,15-20H,10-11,13-14H2,1H3,(H4-2,33,34,35,36,37,41,42,43,44,45,46,47)/p+2. The molecule has 0 saturated carbocycles. The van der Waals surface area contributed by atoms with Crippen LogP contribution in [-0.2, 0) is 39.8 Å². The summed E-state index contributed by atoms with van der Waals surface area (Å²) in [5, 5.41) is 24.8. The maximum absolute atomic E-state index is 12.6. The fourth-order valence-corrected chi connectivity index (χ4v) is 5.45. The second-order valence-corrected chi connectivity index (χ2v) is 12.2. The zero-order valence-corrected chi connectivity index (χ0v) is 26.5. The number of carbonyl (C=O) groups excluding carboxylic acids is 3. The van der Waals surface area contributed by atoms with Gasteiger partial charge in [-0.2, -0.15) is 13.5 Å². The molecule has 16 heteroatoms. The van der Waals surface area contributed by atoms with Crippen LogP contribution in [0.15, 0.2) is 107 Å². The number of benzene rings is 3. The summed E-state index contributed by atoms with van der Waals surface area (Å²) < 4.78 is 40.0. The van der Waals surface area contributed by atoms with E-state index in [0.29, 0.717) is 23.5 Å². The Balaban J connectivity index is 1.28. The number of nitrogens with one attached hydrogen (secondary N) is 2. The van der Waals surface area contributed by atoms with E-state index >= 15 is 0 Å². The first-order chi connectivity index (χ1) is 22.9. The van der Waals surface area contributed by atoms with Crippen LogP contribution in [-0.4, -0.2) is 40.4 Å². The number of aryl methyl sites for hydroxylation is 3. The van der Waals surface area contributed by atoms with Gasteiger partial charge in [-0.15, -0.1) is 5.11 Å². The monoisotopic (exact) mass is 672 g/mol. The molecule has 15 nitrogen and oxygen atoms in total. The third-order valence-electron chi connectivity index (χ3n) is 7.19. The molecule has 0 radical (unpaired) electrons. The maximum Gasteiger partial charge on any atom is 0.296 e. The van der Waals surface area contributed by atoms with Crippen molar-refractivity contribution in [1.29, 1.82) is 0 Å². The number of nitrogens with two attached hydrogens (primary N) is 1. The SMILES string of the molecule is C[n+]1ccn(CCC(=O)Nc2ccc(N=Nc3c(S(=O)(=O)O)cc4cc(NC(=O)CC[n+]5cccc(C(N)=O)c5)ccc4c3O)cc2)c1. The predicted octanol–water partition coefficient (Wildman–Crippen LogP) is 3.28. The van der Waals surface area contributed by atoms with Crippen molar-refractivity contribution in [1.82, 2.24) is 4.57 Å². The van der Waals surface area contributed by atoms with Gasteiger partial charge < -0.3 is 21.5 Å². The lowest BCUT2D eigenvalue weighted by atomic mass is 10.1. The van der Waals surface area contributed by atoms with Gasteiger partial charge in [0.1, 0.15) is 28.5 Å².